The topological polar surface area (TPSA) is 58.6 Å². The molecule has 0 saturated carbocycles. The van der Waals surface area contributed by atoms with E-state index in [1.165, 1.54) is 0 Å². The summed E-state index contributed by atoms with van der Waals surface area (Å²) < 4.78 is 4.87. The predicted molar refractivity (Wildman–Crippen MR) is 38.8 cm³/mol. The molecule has 0 aromatic heterocycles. The molecule has 5 heteroatoms. The van der Waals surface area contributed by atoms with Gasteiger partial charge in [0.2, 0.25) is 0 Å². The van der Waals surface area contributed by atoms with Crippen molar-refractivity contribution in [2.24, 2.45) is 0 Å². The molecule has 2 N–H and O–H groups in total. The SMILES string of the molecule is CCC1(Cl)NC(C(=O)O)=CO1. The highest BCUT2D eigenvalue weighted by Gasteiger charge is 2.34. The van der Waals surface area contributed by atoms with E-state index in [0.29, 0.717) is 6.42 Å². The molecule has 0 radical (unpaired) electrons. The van der Waals surface area contributed by atoms with E-state index in [9.17, 15) is 4.79 Å². The Kier molecular flexibility index (Phi) is 1.95. The van der Waals surface area contributed by atoms with Crippen LogP contribution in [0.1, 0.15) is 13.3 Å². The number of carboxylic acids is 1. The summed E-state index contributed by atoms with van der Waals surface area (Å²) in [6.45, 7) is 1.79. The molecule has 1 rings (SSSR count). The van der Waals surface area contributed by atoms with Gasteiger partial charge in [-0.05, 0) is 0 Å². The number of nitrogens with one attached hydrogen (secondary N) is 1. The molecule has 11 heavy (non-hydrogen) atoms. The van der Waals surface area contributed by atoms with Crippen LogP contribution in [0.4, 0.5) is 0 Å². The van der Waals surface area contributed by atoms with Crippen LogP contribution in [0.3, 0.4) is 0 Å². The lowest BCUT2D eigenvalue weighted by atomic mass is 10.4. The Bertz CT molecular complexity index is 216. The average molecular weight is 178 g/mol. The zero-order valence-electron chi connectivity index (χ0n) is 5.93. The highest BCUT2D eigenvalue weighted by Crippen LogP contribution is 2.25. The summed E-state index contributed by atoms with van der Waals surface area (Å²) in [7, 11) is 0. The van der Waals surface area contributed by atoms with Gasteiger partial charge in [-0.1, -0.05) is 18.5 Å². The Labute approximate surface area is 68.8 Å². The molecule has 0 bridgehead atoms. The van der Waals surface area contributed by atoms with Crippen LogP contribution in [-0.4, -0.2) is 16.3 Å². The van der Waals surface area contributed by atoms with E-state index in [0.717, 1.165) is 6.26 Å². The van der Waals surface area contributed by atoms with Gasteiger partial charge < -0.3 is 15.2 Å². The molecule has 1 atom stereocenters. The minimum Gasteiger partial charge on any atom is -0.476 e. The summed E-state index contributed by atoms with van der Waals surface area (Å²) in [6.07, 6.45) is 1.60. The van der Waals surface area contributed by atoms with Crippen molar-refractivity contribution >= 4 is 17.6 Å². The van der Waals surface area contributed by atoms with Crippen LogP contribution in [0.5, 0.6) is 0 Å². The second-order valence-corrected chi connectivity index (χ2v) is 2.77. The first-order valence-corrected chi connectivity index (χ1v) is 3.53. The number of carbonyl (C=O) groups is 1. The molecular formula is C6H8ClNO3. The van der Waals surface area contributed by atoms with Crippen LogP contribution in [0.25, 0.3) is 0 Å². The summed E-state index contributed by atoms with van der Waals surface area (Å²) in [4.78, 5) is 10.3. The summed E-state index contributed by atoms with van der Waals surface area (Å²) in [5, 5.41) is 9.93. The second kappa shape index (κ2) is 2.62. The third-order valence-electron chi connectivity index (χ3n) is 1.37. The van der Waals surface area contributed by atoms with E-state index in [1.807, 2.05) is 0 Å². The van der Waals surface area contributed by atoms with Gasteiger partial charge in [0.1, 0.15) is 6.26 Å². The van der Waals surface area contributed by atoms with Crippen molar-refractivity contribution in [3.8, 4) is 0 Å². The van der Waals surface area contributed by atoms with Gasteiger partial charge in [0.25, 0.3) is 5.18 Å². The van der Waals surface area contributed by atoms with Crippen LogP contribution in [0.2, 0.25) is 0 Å². The quantitative estimate of drug-likeness (QED) is 0.485. The van der Waals surface area contributed by atoms with Crippen molar-refractivity contribution in [1.29, 1.82) is 0 Å². The van der Waals surface area contributed by atoms with Crippen LogP contribution < -0.4 is 5.32 Å². The molecule has 62 valence electrons. The maximum absolute atomic E-state index is 10.3. The van der Waals surface area contributed by atoms with E-state index in [4.69, 9.17) is 21.4 Å². The Morgan fingerprint density at radius 3 is 2.91 bits per heavy atom. The summed E-state index contributed by atoms with van der Waals surface area (Å²) >= 11 is 5.75. The van der Waals surface area contributed by atoms with Crippen LogP contribution in [0, 0.1) is 0 Å². The van der Waals surface area contributed by atoms with E-state index in [-0.39, 0.29) is 5.70 Å². The fourth-order valence-corrected chi connectivity index (χ4v) is 0.834. The van der Waals surface area contributed by atoms with Gasteiger partial charge in [0.15, 0.2) is 5.70 Å². The zero-order valence-corrected chi connectivity index (χ0v) is 6.68. The van der Waals surface area contributed by atoms with Crippen LogP contribution >= 0.6 is 11.6 Å². The normalized spacial score (nSPS) is 28.7. The van der Waals surface area contributed by atoms with Crippen molar-refractivity contribution in [3.63, 3.8) is 0 Å². The molecule has 0 saturated heterocycles. The number of hydrogen-bond acceptors (Lipinski definition) is 3. The Hall–Kier alpha value is -0.900. The Balaban J connectivity index is 2.62. The number of halogens is 1. The van der Waals surface area contributed by atoms with Crippen molar-refractivity contribution in [3.05, 3.63) is 12.0 Å². The van der Waals surface area contributed by atoms with Crippen molar-refractivity contribution in [1.82, 2.24) is 5.32 Å². The maximum atomic E-state index is 10.3. The molecule has 1 heterocycles. The van der Waals surface area contributed by atoms with E-state index >= 15 is 0 Å². The lowest BCUT2D eigenvalue weighted by Crippen LogP contribution is -2.36. The number of alkyl halides is 1. The van der Waals surface area contributed by atoms with E-state index in [2.05, 4.69) is 5.32 Å². The van der Waals surface area contributed by atoms with Gasteiger partial charge in [0.05, 0.1) is 0 Å². The number of carboxylic acid groups (broad SMARTS) is 1. The molecule has 0 aliphatic carbocycles. The van der Waals surface area contributed by atoms with Crippen LogP contribution in [-0.2, 0) is 9.53 Å². The monoisotopic (exact) mass is 177 g/mol. The molecule has 1 aliphatic rings. The largest absolute Gasteiger partial charge is 0.476 e. The van der Waals surface area contributed by atoms with Gasteiger partial charge >= 0.3 is 5.97 Å². The predicted octanol–water partition coefficient (Wildman–Crippen LogP) is 0.835. The maximum Gasteiger partial charge on any atom is 0.355 e. The first kappa shape index (κ1) is 8.20. The number of aliphatic carboxylic acids is 1. The lowest BCUT2D eigenvalue weighted by Gasteiger charge is -2.19. The van der Waals surface area contributed by atoms with Crippen molar-refractivity contribution < 1.29 is 14.6 Å². The smallest absolute Gasteiger partial charge is 0.355 e. The minimum atomic E-state index is -1.07. The second-order valence-electron chi connectivity index (χ2n) is 2.16. The molecule has 0 fully saturated rings. The molecule has 0 spiro atoms. The van der Waals surface area contributed by atoms with Crippen LogP contribution in [0.15, 0.2) is 12.0 Å². The Morgan fingerprint density at radius 1 is 2.00 bits per heavy atom. The molecule has 0 amide bonds. The molecule has 0 aromatic carbocycles. The van der Waals surface area contributed by atoms with Crippen molar-refractivity contribution in [2.75, 3.05) is 0 Å². The standard InChI is InChI=1S/C6H8ClNO3/c1-2-6(7)8-4(3-11-6)5(9)10/h3,8H,2H2,1H3,(H,9,10). The Morgan fingerprint density at radius 2 is 2.64 bits per heavy atom. The first-order valence-electron chi connectivity index (χ1n) is 3.16. The lowest BCUT2D eigenvalue weighted by molar-refractivity contribution is -0.133. The molecular weight excluding hydrogens is 170 g/mol. The van der Waals surface area contributed by atoms with Crippen molar-refractivity contribution in [2.45, 2.75) is 18.5 Å². The molecule has 1 aliphatic heterocycles. The summed E-state index contributed by atoms with van der Waals surface area (Å²) in [5.74, 6) is -1.07. The summed E-state index contributed by atoms with van der Waals surface area (Å²) in [6, 6.07) is 0. The highest BCUT2D eigenvalue weighted by molar-refractivity contribution is 6.23. The third-order valence-corrected chi connectivity index (χ3v) is 1.82. The minimum absolute atomic E-state index is 0.0122. The van der Waals surface area contributed by atoms with Gasteiger partial charge in [-0.25, -0.2) is 4.79 Å². The van der Waals surface area contributed by atoms with Gasteiger partial charge in [0, 0.05) is 6.42 Å². The number of ether oxygens (including phenoxy) is 1. The summed E-state index contributed by atoms with van der Waals surface area (Å²) in [5.41, 5.74) is -0.0122. The molecule has 4 nitrogen and oxygen atoms in total. The number of hydrogen-bond donors (Lipinski definition) is 2. The van der Waals surface area contributed by atoms with Gasteiger partial charge in [-0.3, -0.25) is 0 Å². The third kappa shape index (κ3) is 1.57. The highest BCUT2D eigenvalue weighted by atomic mass is 35.5. The molecule has 1 unspecified atom stereocenters. The fraction of sp³-hybridized carbons (Fsp3) is 0.500. The average Bonchev–Trinajstić information content (AvgIpc) is 2.33. The molecule has 0 aromatic rings. The van der Waals surface area contributed by atoms with E-state index in [1.54, 1.807) is 6.92 Å². The first-order chi connectivity index (χ1) is 5.07. The van der Waals surface area contributed by atoms with Gasteiger partial charge in [-0.2, -0.15) is 0 Å². The number of rotatable bonds is 2. The van der Waals surface area contributed by atoms with E-state index < -0.39 is 11.2 Å². The van der Waals surface area contributed by atoms with Gasteiger partial charge in [-0.15, -0.1) is 0 Å². The fourth-order valence-electron chi connectivity index (χ4n) is 0.688. The zero-order chi connectivity index (χ0) is 8.48.